The van der Waals surface area contributed by atoms with Gasteiger partial charge in [-0.05, 0) is 19.1 Å². The first-order valence-corrected chi connectivity index (χ1v) is 9.39. The molecule has 2 N–H and O–H groups in total. The number of aromatic nitrogens is 3. The standard InChI is InChI=1S/C17H17ClN6OS/c1-10-6-12-15(21-9-22-17(12)26-10)23-2-4-24(5-3-23)16-13(18)7-11(8-20-16)14(19)25/h6-9H,2-5H2,1H3,(H2,19,25). The number of primary amides is 1. The Morgan fingerprint density at radius 1 is 1.12 bits per heavy atom. The van der Waals surface area contributed by atoms with Gasteiger partial charge in [-0.1, -0.05) is 11.6 Å². The van der Waals surface area contributed by atoms with Gasteiger partial charge in [0.05, 0.1) is 16.0 Å². The quantitative estimate of drug-likeness (QED) is 0.741. The minimum absolute atomic E-state index is 0.314. The molecule has 0 unspecified atom stereocenters. The van der Waals surface area contributed by atoms with Crippen LogP contribution in [0.4, 0.5) is 11.6 Å². The summed E-state index contributed by atoms with van der Waals surface area (Å²) in [6.45, 7) is 5.21. The predicted molar refractivity (Wildman–Crippen MR) is 104 cm³/mol. The van der Waals surface area contributed by atoms with Crippen molar-refractivity contribution in [2.75, 3.05) is 36.0 Å². The van der Waals surface area contributed by atoms with Crippen LogP contribution in [-0.4, -0.2) is 47.0 Å². The fourth-order valence-electron chi connectivity index (χ4n) is 3.14. The van der Waals surface area contributed by atoms with Gasteiger partial charge in [0.1, 0.15) is 22.8 Å². The van der Waals surface area contributed by atoms with E-state index in [0.717, 1.165) is 42.2 Å². The third-order valence-corrected chi connectivity index (χ3v) is 5.65. The number of piperazine rings is 1. The Labute approximate surface area is 159 Å². The number of thiophene rings is 1. The normalized spacial score (nSPS) is 14.8. The Balaban J connectivity index is 1.53. The molecule has 1 aliphatic rings. The first-order chi connectivity index (χ1) is 12.5. The van der Waals surface area contributed by atoms with E-state index in [-0.39, 0.29) is 0 Å². The summed E-state index contributed by atoms with van der Waals surface area (Å²) < 4.78 is 0. The number of carbonyl (C=O) groups is 1. The maximum Gasteiger partial charge on any atom is 0.250 e. The van der Waals surface area contributed by atoms with Gasteiger partial charge in [-0.3, -0.25) is 4.79 Å². The van der Waals surface area contributed by atoms with E-state index in [1.54, 1.807) is 23.7 Å². The molecule has 0 atom stereocenters. The van der Waals surface area contributed by atoms with Crippen LogP contribution >= 0.6 is 22.9 Å². The summed E-state index contributed by atoms with van der Waals surface area (Å²) in [5.74, 6) is 1.12. The van der Waals surface area contributed by atoms with Crippen molar-refractivity contribution in [3.8, 4) is 0 Å². The summed E-state index contributed by atoms with van der Waals surface area (Å²) in [6, 6.07) is 3.71. The minimum Gasteiger partial charge on any atom is -0.366 e. The molecule has 1 saturated heterocycles. The van der Waals surface area contributed by atoms with Crippen molar-refractivity contribution in [3.05, 3.63) is 40.1 Å². The average Bonchev–Trinajstić information content (AvgIpc) is 3.02. The van der Waals surface area contributed by atoms with E-state index in [2.05, 4.69) is 37.7 Å². The predicted octanol–water partition coefficient (Wildman–Crippen LogP) is 2.47. The maximum atomic E-state index is 11.2. The SMILES string of the molecule is Cc1cc2c(N3CCN(c4ncc(C(N)=O)cc4Cl)CC3)ncnc2s1. The number of rotatable bonds is 3. The van der Waals surface area contributed by atoms with Crippen LogP contribution in [0.1, 0.15) is 15.2 Å². The largest absolute Gasteiger partial charge is 0.366 e. The number of nitrogens with two attached hydrogens (primary N) is 1. The number of halogens is 1. The Morgan fingerprint density at radius 3 is 2.46 bits per heavy atom. The van der Waals surface area contributed by atoms with Crippen molar-refractivity contribution in [2.24, 2.45) is 5.73 Å². The van der Waals surface area contributed by atoms with Gasteiger partial charge in [0.15, 0.2) is 0 Å². The highest BCUT2D eigenvalue weighted by molar-refractivity contribution is 7.18. The van der Waals surface area contributed by atoms with Crippen LogP contribution in [0.25, 0.3) is 10.2 Å². The number of aryl methyl sites for hydroxylation is 1. The van der Waals surface area contributed by atoms with Gasteiger partial charge >= 0.3 is 0 Å². The van der Waals surface area contributed by atoms with E-state index >= 15 is 0 Å². The average molecular weight is 389 g/mol. The molecule has 1 fully saturated rings. The Kier molecular flexibility index (Phi) is 4.37. The molecule has 1 aliphatic heterocycles. The topological polar surface area (TPSA) is 88.2 Å². The smallest absolute Gasteiger partial charge is 0.250 e. The number of amides is 1. The lowest BCUT2D eigenvalue weighted by Gasteiger charge is -2.36. The molecule has 0 saturated carbocycles. The third kappa shape index (κ3) is 3.06. The molecule has 4 heterocycles. The van der Waals surface area contributed by atoms with E-state index < -0.39 is 5.91 Å². The second-order valence-electron chi connectivity index (χ2n) is 6.14. The second kappa shape index (κ2) is 6.69. The molecule has 0 bridgehead atoms. The van der Waals surface area contributed by atoms with Crippen LogP contribution in [0.2, 0.25) is 5.02 Å². The molecule has 0 spiro atoms. The molecule has 7 nitrogen and oxygen atoms in total. The van der Waals surface area contributed by atoms with Crippen LogP contribution < -0.4 is 15.5 Å². The molecule has 134 valence electrons. The summed E-state index contributed by atoms with van der Waals surface area (Å²) in [6.07, 6.45) is 3.10. The summed E-state index contributed by atoms with van der Waals surface area (Å²) in [4.78, 5) is 31.0. The summed E-state index contributed by atoms with van der Waals surface area (Å²) in [5, 5.41) is 1.54. The Bertz CT molecular complexity index is 983. The van der Waals surface area contributed by atoms with Crippen molar-refractivity contribution in [2.45, 2.75) is 6.92 Å². The van der Waals surface area contributed by atoms with Crippen molar-refractivity contribution in [1.82, 2.24) is 15.0 Å². The lowest BCUT2D eigenvalue weighted by Crippen LogP contribution is -2.47. The zero-order valence-electron chi connectivity index (χ0n) is 14.1. The number of carbonyl (C=O) groups excluding carboxylic acids is 1. The highest BCUT2D eigenvalue weighted by Crippen LogP contribution is 2.31. The highest BCUT2D eigenvalue weighted by Gasteiger charge is 2.23. The third-order valence-electron chi connectivity index (χ3n) is 4.42. The number of hydrogen-bond acceptors (Lipinski definition) is 7. The molecule has 0 radical (unpaired) electrons. The van der Waals surface area contributed by atoms with Gasteiger partial charge in [-0.25, -0.2) is 15.0 Å². The van der Waals surface area contributed by atoms with Crippen LogP contribution in [0.15, 0.2) is 24.7 Å². The lowest BCUT2D eigenvalue weighted by molar-refractivity contribution is 0.1000. The summed E-state index contributed by atoms with van der Waals surface area (Å²) >= 11 is 7.98. The van der Waals surface area contributed by atoms with Crippen molar-refractivity contribution in [3.63, 3.8) is 0 Å². The number of anilines is 2. The Hall–Kier alpha value is -2.45. The van der Waals surface area contributed by atoms with Crippen molar-refractivity contribution < 1.29 is 4.79 Å². The zero-order chi connectivity index (χ0) is 18.3. The molecular weight excluding hydrogens is 372 g/mol. The number of nitrogens with zero attached hydrogens (tertiary/aromatic N) is 5. The summed E-state index contributed by atoms with van der Waals surface area (Å²) in [7, 11) is 0. The fourth-order valence-corrected chi connectivity index (χ4v) is 4.27. The molecule has 4 rings (SSSR count). The minimum atomic E-state index is -0.533. The molecule has 0 aliphatic carbocycles. The summed E-state index contributed by atoms with van der Waals surface area (Å²) in [5.41, 5.74) is 5.59. The van der Waals surface area contributed by atoms with Gasteiger partial charge in [0, 0.05) is 37.3 Å². The molecular formula is C17H17ClN6OS. The molecule has 3 aromatic rings. The zero-order valence-corrected chi connectivity index (χ0v) is 15.7. The van der Waals surface area contributed by atoms with Crippen molar-refractivity contribution >= 4 is 50.7 Å². The molecule has 1 amide bonds. The van der Waals surface area contributed by atoms with Gasteiger partial charge in [0.2, 0.25) is 5.91 Å². The molecule has 0 aromatic carbocycles. The maximum absolute atomic E-state index is 11.2. The van der Waals surface area contributed by atoms with Gasteiger partial charge in [0.25, 0.3) is 0 Å². The van der Waals surface area contributed by atoms with Crippen LogP contribution in [-0.2, 0) is 0 Å². The van der Waals surface area contributed by atoms with E-state index in [1.165, 1.54) is 11.1 Å². The molecule has 9 heteroatoms. The lowest BCUT2D eigenvalue weighted by atomic mass is 10.2. The number of pyridine rings is 1. The molecule has 3 aromatic heterocycles. The van der Waals surface area contributed by atoms with E-state index in [9.17, 15) is 4.79 Å². The monoisotopic (exact) mass is 388 g/mol. The first kappa shape index (κ1) is 17.0. The van der Waals surface area contributed by atoms with Crippen LogP contribution in [0, 0.1) is 6.92 Å². The van der Waals surface area contributed by atoms with Crippen LogP contribution in [0.5, 0.6) is 0 Å². The van der Waals surface area contributed by atoms with E-state index in [0.29, 0.717) is 16.4 Å². The van der Waals surface area contributed by atoms with Gasteiger partial charge in [-0.2, -0.15) is 0 Å². The van der Waals surface area contributed by atoms with Gasteiger partial charge in [-0.15, -0.1) is 11.3 Å². The Morgan fingerprint density at radius 2 is 1.81 bits per heavy atom. The van der Waals surface area contributed by atoms with E-state index in [4.69, 9.17) is 17.3 Å². The number of fused-ring (bicyclic) bond motifs is 1. The van der Waals surface area contributed by atoms with Crippen molar-refractivity contribution in [1.29, 1.82) is 0 Å². The highest BCUT2D eigenvalue weighted by atomic mass is 35.5. The van der Waals surface area contributed by atoms with Gasteiger partial charge < -0.3 is 15.5 Å². The molecule has 26 heavy (non-hydrogen) atoms. The number of hydrogen-bond donors (Lipinski definition) is 1. The van der Waals surface area contributed by atoms with E-state index in [1.807, 2.05) is 0 Å². The second-order valence-corrected chi connectivity index (χ2v) is 7.78. The first-order valence-electron chi connectivity index (χ1n) is 8.19. The fraction of sp³-hybridized carbons (Fsp3) is 0.294. The van der Waals surface area contributed by atoms with Crippen LogP contribution in [0.3, 0.4) is 0 Å².